The second kappa shape index (κ2) is 5.95. The van der Waals surface area contributed by atoms with Crippen LogP contribution in [0.2, 0.25) is 5.02 Å². The summed E-state index contributed by atoms with van der Waals surface area (Å²) in [4.78, 5) is 0.00577. The first kappa shape index (κ1) is 15.7. The fraction of sp³-hybridized carbons (Fsp3) is 0.200. The van der Waals surface area contributed by atoms with Gasteiger partial charge in [-0.1, -0.05) is 30.7 Å². The van der Waals surface area contributed by atoms with E-state index in [9.17, 15) is 8.42 Å². The zero-order valence-corrected chi connectivity index (χ0v) is 13.4. The topological polar surface area (TPSA) is 63.4 Å². The van der Waals surface area contributed by atoms with Gasteiger partial charge in [0.2, 0.25) is 0 Å². The number of hydrogen-bond acceptors (Lipinski definition) is 3. The Labute approximate surface area is 130 Å². The van der Waals surface area contributed by atoms with Crippen LogP contribution in [0.15, 0.2) is 47.4 Å². The minimum atomic E-state index is -3.74. The van der Waals surface area contributed by atoms with Crippen LogP contribution in [0.25, 0.3) is 0 Å². The maximum absolute atomic E-state index is 12.6. The molecule has 0 spiro atoms. The third-order valence-electron chi connectivity index (χ3n) is 3.30. The maximum atomic E-state index is 12.6. The van der Waals surface area contributed by atoms with Crippen LogP contribution in [-0.4, -0.2) is 15.5 Å². The van der Waals surface area contributed by atoms with Gasteiger partial charge >= 0.3 is 0 Å². The standard InChI is InChI=1S/C15H17ClN2O2S/c1-3-11-4-7-13(8-5-11)18(2)21(19,20)15-10-12(17)6-9-14(15)16/h4-10H,3,17H2,1-2H3. The van der Waals surface area contributed by atoms with E-state index in [4.69, 9.17) is 17.3 Å². The normalized spacial score (nSPS) is 11.4. The second-order valence-corrected chi connectivity index (χ2v) is 7.03. The Hall–Kier alpha value is -1.72. The van der Waals surface area contributed by atoms with Crippen molar-refractivity contribution >= 4 is 33.0 Å². The van der Waals surface area contributed by atoms with Crippen LogP contribution >= 0.6 is 11.6 Å². The summed E-state index contributed by atoms with van der Waals surface area (Å²) in [6, 6.07) is 11.8. The Bertz CT molecular complexity index is 743. The molecule has 0 amide bonds. The van der Waals surface area contributed by atoms with Gasteiger partial charge in [-0.15, -0.1) is 0 Å². The monoisotopic (exact) mass is 324 g/mol. The number of aryl methyl sites for hydroxylation is 1. The molecule has 0 atom stereocenters. The Balaban J connectivity index is 2.44. The average molecular weight is 325 g/mol. The molecular formula is C15H17ClN2O2S. The number of rotatable bonds is 4. The van der Waals surface area contributed by atoms with E-state index in [1.165, 1.54) is 23.5 Å². The highest BCUT2D eigenvalue weighted by molar-refractivity contribution is 7.93. The van der Waals surface area contributed by atoms with Crippen molar-refractivity contribution in [1.82, 2.24) is 0 Å². The van der Waals surface area contributed by atoms with Gasteiger partial charge < -0.3 is 5.73 Å². The van der Waals surface area contributed by atoms with Crippen molar-refractivity contribution in [3.63, 3.8) is 0 Å². The molecule has 0 saturated heterocycles. The van der Waals surface area contributed by atoms with Gasteiger partial charge in [-0.3, -0.25) is 4.31 Å². The molecule has 0 aliphatic heterocycles. The van der Waals surface area contributed by atoms with Gasteiger partial charge in [-0.05, 0) is 42.3 Å². The summed E-state index contributed by atoms with van der Waals surface area (Å²) in [7, 11) is -2.25. The zero-order chi connectivity index (χ0) is 15.6. The predicted molar refractivity (Wildman–Crippen MR) is 87.3 cm³/mol. The molecule has 112 valence electrons. The lowest BCUT2D eigenvalue weighted by atomic mass is 10.1. The largest absolute Gasteiger partial charge is 0.399 e. The summed E-state index contributed by atoms with van der Waals surface area (Å²) >= 11 is 6.00. The SMILES string of the molecule is CCc1ccc(N(C)S(=O)(=O)c2cc(N)ccc2Cl)cc1. The number of nitrogen functional groups attached to an aromatic ring is 1. The van der Waals surface area contributed by atoms with Crippen LogP contribution in [0, 0.1) is 0 Å². The van der Waals surface area contributed by atoms with Crippen LogP contribution < -0.4 is 10.0 Å². The van der Waals surface area contributed by atoms with Crippen LogP contribution in [0.4, 0.5) is 11.4 Å². The molecule has 21 heavy (non-hydrogen) atoms. The van der Waals surface area contributed by atoms with Crippen molar-refractivity contribution in [3.05, 3.63) is 53.1 Å². The summed E-state index contributed by atoms with van der Waals surface area (Å²) in [6.07, 6.45) is 0.901. The van der Waals surface area contributed by atoms with Gasteiger partial charge in [0.05, 0.1) is 10.7 Å². The fourth-order valence-corrected chi connectivity index (χ4v) is 3.65. The number of benzene rings is 2. The molecule has 0 radical (unpaired) electrons. The zero-order valence-electron chi connectivity index (χ0n) is 11.9. The highest BCUT2D eigenvalue weighted by Crippen LogP contribution is 2.29. The lowest BCUT2D eigenvalue weighted by molar-refractivity contribution is 0.594. The van der Waals surface area contributed by atoms with Crippen molar-refractivity contribution in [3.8, 4) is 0 Å². The Morgan fingerprint density at radius 2 is 1.76 bits per heavy atom. The van der Waals surface area contributed by atoms with Gasteiger partial charge in [0.25, 0.3) is 10.0 Å². The molecule has 6 heteroatoms. The number of sulfonamides is 1. The average Bonchev–Trinajstić information content (AvgIpc) is 2.49. The third kappa shape index (κ3) is 3.14. The van der Waals surface area contributed by atoms with Gasteiger partial charge in [-0.25, -0.2) is 8.42 Å². The quantitative estimate of drug-likeness (QED) is 0.878. The number of hydrogen-bond donors (Lipinski definition) is 1. The maximum Gasteiger partial charge on any atom is 0.265 e. The highest BCUT2D eigenvalue weighted by Gasteiger charge is 2.24. The van der Waals surface area contributed by atoms with E-state index >= 15 is 0 Å². The van der Waals surface area contributed by atoms with E-state index in [1.54, 1.807) is 18.2 Å². The van der Waals surface area contributed by atoms with Crippen LogP contribution in [0.1, 0.15) is 12.5 Å². The van der Waals surface area contributed by atoms with E-state index in [0.717, 1.165) is 12.0 Å². The molecule has 0 heterocycles. The predicted octanol–water partition coefficient (Wildman–Crippen LogP) is 3.31. The summed E-state index contributed by atoms with van der Waals surface area (Å²) in [5, 5.41) is 0.154. The van der Waals surface area contributed by atoms with Crippen molar-refractivity contribution in [2.45, 2.75) is 18.2 Å². The minimum absolute atomic E-state index is 0.00577. The van der Waals surface area contributed by atoms with E-state index in [0.29, 0.717) is 11.4 Å². The molecule has 0 unspecified atom stereocenters. The molecule has 0 saturated carbocycles. The van der Waals surface area contributed by atoms with Crippen molar-refractivity contribution in [1.29, 1.82) is 0 Å². The summed E-state index contributed by atoms with van der Waals surface area (Å²) < 4.78 is 26.5. The number of anilines is 2. The Kier molecular flexibility index (Phi) is 4.44. The molecule has 4 nitrogen and oxygen atoms in total. The molecule has 0 fully saturated rings. The third-order valence-corrected chi connectivity index (χ3v) is 5.57. The first-order valence-corrected chi connectivity index (χ1v) is 8.31. The van der Waals surface area contributed by atoms with Crippen molar-refractivity contribution < 1.29 is 8.42 Å². The smallest absolute Gasteiger partial charge is 0.265 e. The van der Waals surface area contributed by atoms with Crippen molar-refractivity contribution in [2.75, 3.05) is 17.1 Å². The second-order valence-electron chi connectivity index (χ2n) is 4.68. The van der Waals surface area contributed by atoms with Crippen LogP contribution in [0.3, 0.4) is 0 Å². The lowest BCUT2D eigenvalue weighted by Gasteiger charge is -2.20. The van der Waals surface area contributed by atoms with E-state index in [-0.39, 0.29) is 9.92 Å². The number of nitrogens with zero attached hydrogens (tertiary/aromatic N) is 1. The van der Waals surface area contributed by atoms with Gasteiger partial charge in [-0.2, -0.15) is 0 Å². The first-order valence-electron chi connectivity index (χ1n) is 6.49. The molecule has 2 rings (SSSR count). The van der Waals surface area contributed by atoms with Gasteiger partial charge in [0.15, 0.2) is 0 Å². The van der Waals surface area contributed by atoms with Crippen LogP contribution in [0.5, 0.6) is 0 Å². The molecule has 0 aliphatic rings. The van der Waals surface area contributed by atoms with E-state index < -0.39 is 10.0 Å². The molecule has 2 aromatic carbocycles. The Morgan fingerprint density at radius 3 is 2.33 bits per heavy atom. The fourth-order valence-electron chi connectivity index (χ4n) is 1.95. The molecular weight excluding hydrogens is 308 g/mol. The lowest BCUT2D eigenvalue weighted by Crippen LogP contribution is -2.26. The van der Waals surface area contributed by atoms with Crippen LogP contribution in [-0.2, 0) is 16.4 Å². The summed E-state index contributed by atoms with van der Waals surface area (Å²) in [5.41, 5.74) is 7.73. The van der Waals surface area contributed by atoms with E-state index in [2.05, 4.69) is 0 Å². The number of nitrogens with two attached hydrogens (primary N) is 1. The highest BCUT2D eigenvalue weighted by atomic mass is 35.5. The number of halogens is 1. The summed E-state index contributed by atoms with van der Waals surface area (Å²) in [6.45, 7) is 2.04. The van der Waals surface area contributed by atoms with Gasteiger partial charge in [0.1, 0.15) is 4.90 Å². The summed E-state index contributed by atoms with van der Waals surface area (Å²) in [5.74, 6) is 0. The molecule has 2 N–H and O–H groups in total. The molecule has 0 bridgehead atoms. The van der Waals surface area contributed by atoms with Gasteiger partial charge in [0, 0.05) is 12.7 Å². The van der Waals surface area contributed by atoms with Crippen molar-refractivity contribution in [2.24, 2.45) is 0 Å². The molecule has 0 aromatic heterocycles. The molecule has 2 aromatic rings. The molecule has 0 aliphatic carbocycles. The van der Waals surface area contributed by atoms with E-state index in [1.807, 2.05) is 19.1 Å². The minimum Gasteiger partial charge on any atom is -0.399 e. The first-order chi connectivity index (χ1) is 9.86. The Morgan fingerprint density at radius 1 is 1.14 bits per heavy atom.